The highest BCUT2D eigenvalue weighted by Crippen LogP contribution is 2.37. The zero-order chi connectivity index (χ0) is 12.5. The first-order chi connectivity index (χ1) is 8.08. The van der Waals surface area contributed by atoms with Crippen LogP contribution in [-0.4, -0.2) is 18.3 Å². The van der Waals surface area contributed by atoms with E-state index in [0.29, 0.717) is 0 Å². The molecule has 3 heteroatoms. The van der Waals surface area contributed by atoms with Gasteiger partial charge in [-0.05, 0) is 41.5 Å². The maximum atomic E-state index is 9.49. The second-order valence-electron chi connectivity index (χ2n) is 5.15. The van der Waals surface area contributed by atoms with Crippen LogP contribution in [0.3, 0.4) is 0 Å². The summed E-state index contributed by atoms with van der Waals surface area (Å²) in [5.41, 5.74) is 2.23. The Kier molecular flexibility index (Phi) is 3.64. The quantitative estimate of drug-likeness (QED) is 0.894. The highest BCUT2D eigenvalue weighted by Gasteiger charge is 2.26. The van der Waals surface area contributed by atoms with Crippen molar-refractivity contribution in [2.45, 2.75) is 33.1 Å². The lowest BCUT2D eigenvalue weighted by Crippen LogP contribution is -2.23. The molecule has 2 nitrogen and oxygen atoms in total. The van der Waals surface area contributed by atoms with Crippen LogP contribution in [0, 0.1) is 5.41 Å². The van der Waals surface area contributed by atoms with Crippen LogP contribution in [0.15, 0.2) is 12.1 Å². The van der Waals surface area contributed by atoms with E-state index in [1.807, 2.05) is 12.1 Å². The Balaban J connectivity index is 2.33. The SMILES string of the molecule is CCC(C)(CO)Cc1cc(Cl)cc2c1OCC2. The number of rotatable bonds is 4. The number of hydrogen-bond donors (Lipinski definition) is 1. The van der Waals surface area contributed by atoms with E-state index >= 15 is 0 Å². The molecule has 0 aromatic heterocycles. The number of fused-ring (bicyclic) bond motifs is 1. The third-order valence-corrected chi connectivity index (χ3v) is 3.90. The predicted molar refractivity (Wildman–Crippen MR) is 69.8 cm³/mol. The number of aliphatic hydroxyl groups excluding tert-OH is 1. The molecule has 1 aromatic carbocycles. The Hall–Kier alpha value is -0.730. The molecule has 0 bridgehead atoms. The molecule has 0 saturated carbocycles. The second kappa shape index (κ2) is 4.87. The molecular formula is C14H19ClO2. The molecule has 1 aliphatic rings. The van der Waals surface area contributed by atoms with Gasteiger partial charge in [0.25, 0.3) is 0 Å². The molecule has 1 unspecified atom stereocenters. The van der Waals surface area contributed by atoms with Crippen molar-refractivity contribution in [3.8, 4) is 5.75 Å². The predicted octanol–water partition coefficient (Wildman–Crippen LogP) is 3.23. The Morgan fingerprint density at radius 2 is 2.24 bits per heavy atom. The van der Waals surface area contributed by atoms with Gasteiger partial charge in [0.2, 0.25) is 0 Å². The molecular weight excluding hydrogens is 236 g/mol. The summed E-state index contributed by atoms with van der Waals surface area (Å²) in [4.78, 5) is 0. The molecule has 0 saturated heterocycles. The minimum Gasteiger partial charge on any atom is -0.493 e. The summed E-state index contributed by atoms with van der Waals surface area (Å²) < 4.78 is 5.68. The van der Waals surface area contributed by atoms with Gasteiger partial charge in [-0.2, -0.15) is 0 Å². The molecule has 0 radical (unpaired) electrons. The van der Waals surface area contributed by atoms with E-state index in [-0.39, 0.29) is 12.0 Å². The molecule has 0 amide bonds. The van der Waals surface area contributed by atoms with Gasteiger partial charge in [-0.1, -0.05) is 25.4 Å². The van der Waals surface area contributed by atoms with E-state index < -0.39 is 0 Å². The lowest BCUT2D eigenvalue weighted by atomic mass is 9.81. The number of hydrogen-bond acceptors (Lipinski definition) is 2. The zero-order valence-electron chi connectivity index (χ0n) is 10.4. The average Bonchev–Trinajstić information content (AvgIpc) is 2.77. The van der Waals surface area contributed by atoms with Crippen LogP contribution in [0.1, 0.15) is 31.4 Å². The zero-order valence-corrected chi connectivity index (χ0v) is 11.2. The minimum absolute atomic E-state index is 0.0929. The van der Waals surface area contributed by atoms with Crippen molar-refractivity contribution < 1.29 is 9.84 Å². The lowest BCUT2D eigenvalue weighted by Gasteiger charge is -2.26. The van der Waals surface area contributed by atoms with Crippen LogP contribution in [0.25, 0.3) is 0 Å². The topological polar surface area (TPSA) is 29.5 Å². The first kappa shape index (κ1) is 12.7. The lowest BCUT2D eigenvalue weighted by molar-refractivity contribution is 0.137. The van der Waals surface area contributed by atoms with Crippen molar-refractivity contribution in [3.63, 3.8) is 0 Å². The van der Waals surface area contributed by atoms with Crippen LogP contribution >= 0.6 is 11.6 Å². The molecule has 0 fully saturated rings. The molecule has 1 N–H and O–H groups in total. The van der Waals surface area contributed by atoms with Gasteiger partial charge in [0.05, 0.1) is 6.61 Å². The van der Waals surface area contributed by atoms with Crippen molar-refractivity contribution in [2.24, 2.45) is 5.41 Å². The molecule has 0 spiro atoms. The Bertz CT molecular complexity index is 411. The van der Waals surface area contributed by atoms with E-state index in [9.17, 15) is 5.11 Å². The van der Waals surface area contributed by atoms with Gasteiger partial charge in [-0.15, -0.1) is 0 Å². The van der Waals surface area contributed by atoms with Crippen LogP contribution < -0.4 is 4.74 Å². The Labute approximate surface area is 108 Å². The average molecular weight is 255 g/mol. The fourth-order valence-electron chi connectivity index (χ4n) is 2.23. The molecule has 1 aliphatic heterocycles. The summed E-state index contributed by atoms with van der Waals surface area (Å²) in [5.74, 6) is 0.988. The summed E-state index contributed by atoms with van der Waals surface area (Å²) in [6.07, 6.45) is 2.68. The van der Waals surface area contributed by atoms with E-state index in [2.05, 4.69) is 13.8 Å². The monoisotopic (exact) mass is 254 g/mol. The number of ether oxygens (including phenoxy) is 1. The Morgan fingerprint density at radius 1 is 1.47 bits per heavy atom. The van der Waals surface area contributed by atoms with Crippen LogP contribution in [0.5, 0.6) is 5.75 Å². The standard InChI is InChI=1S/C14H19ClO2/c1-3-14(2,9-16)8-11-7-12(15)6-10-4-5-17-13(10)11/h6-7,16H,3-5,8-9H2,1-2H3. The van der Waals surface area contributed by atoms with Gasteiger partial charge in [0, 0.05) is 18.1 Å². The van der Waals surface area contributed by atoms with Crippen molar-refractivity contribution in [3.05, 3.63) is 28.3 Å². The van der Waals surface area contributed by atoms with Crippen LogP contribution in [0.2, 0.25) is 5.02 Å². The summed E-state index contributed by atoms with van der Waals surface area (Å²) in [6, 6.07) is 3.95. The first-order valence-electron chi connectivity index (χ1n) is 6.13. The normalized spacial score (nSPS) is 17.4. The number of halogens is 1. The largest absolute Gasteiger partial charge is 0.493 e. The molecule has 94 valence electrons. The molecule has 1 atom stereocenters. The molecule has 2 rings (SSSR count). The first-order valence-corrected chi connectivity index (χ1v) is 6.51. The van der Waals surface area contributed by atoms with E-state index in [1.54, 1.807) is 0 Å². The fourth-order valence-corrected chi connectivity index (χ4v) is 2.49. The van der Waals surface area contributed by atoms with Gasteiger partial charge < -0.3 is 9.84 Å². The van der Waals surface area contributed by atoms with E-state index in [4.69, 9.17) is 16.3 Å². The smallest absolute Gasteiger partial charge is 0.125 e. The third kappa shape index (κ3) is 2.58. The number of benzene rings is 1. The van der Waals surface area contributed by atoms with Crippen molar-refractivity contribution >= 4 is 11.6 Å². The van der Waals surface area contributed by atoms with Gasteiger partial charge in [-0.3, -0.25) is 0 Å². The van der Waals surface area contributed by atoms with Gasteiger partial charge in [0.15, 0.2) is 0 Å². The molecule has 17 heavy (non-hydrogen) atoms. The fraction of sp³-hybridized carbons (Fsp3) is 0.571. The minimum atomic E-state index is -0.0929. The van der Waals surface area contributed by atoms with Gasteiger partial charge in [-0.25, -0.2) is 0 Å². The summed E-state index contributed by atoms with van der Waals surface area (Å²) in [6.45, 7) is 5.12. The highest BCUT2D eigenvalue weighted by molar-refractivity contribution is 6.30. The van der Waals surface area contributed by atoms with Crippen molar-refractivity contribution in [1.29, 1.82) is 0 Å². The summed E-state index contributed by atoms with van der Waals surface area (Å²) in [5, 5.41) is 10.3. The third-order valence-electron chi connectivity index (χ3n) is 3.68. The molecule has 0 aliphatic carbocycles. The summed E-state index contributed by atoms with van der Waals surface area (Å²) >= 11 is 6.13. The molecule has 1 aromatic rings. The van der Waals surface area contributed by atoms with E-state index in [1.165, 1.54) is 5.56 Å². The van der Waals surface area contributed by atoms with Gasteiger partial charge in [0.1, 0.15) is 5.75 Å². The van der Waals surface area contributed by atoms with Gasteiger partial charge >= 0.3 is 0 Å². The second-order valence-corrected chi connectivity index (χ2v) is 5.59. The Morgan fingerprint density at radius 3 is 2.88 bits per heavy atom. The van der Waals surface area contributed by atoms with Crippen LogP contribution in [-0.2, 0) is 12.8 Å². The molecule has 1 heterocycles. The van der Waals surface area contributed by atoms with Crippen LogP contribution in [0.4, 0.5) is 0 Å². The number of aliphatic hydroxyl groups is 1. The maximum Gasteiger partial charge on any atom is 0.125 e. The highest BCUT2D eigenvalue weighted by atomic mass is 35.5. The maximum absolute atomic E-state index is 9.49. The summed E-state index contributed by atoms with van der Waals surface area (Å²) in [7, 11) is 0. The van der Waals surface area contributed by atoms with Crippen molar-refractivity contribution in [2.75, 3.05) is 13.2 Å². The van der Waals surface area contributed by atoms with Crippen molar-refractivity contribution in [1.82, 2.24) is 0 Å². The van der Waals surface area contributed by atoms with E-state index in [0.717, 1.165) is 42.2 Å².